The quantitative estimate of drug-likeness (QED) is 0.700. The van der Waals surface area contributed by atoms with Crippen LogP contribution in [0.5, 0.6) is 0 Å². The molecule has 6 nitrogen and oxygen atoms in total. The van der Waals surface area contributed by atoms with E-state index in [2.05, 4.69) is 21.9 Å². The van der Waals surface area contributed by atoms with Crippen LogP contribution in [0.4, 0.5) is 0 Å². The topological polar surface area (TPSA) is 63.9 Å². The molecule has 0 aliphatic rings. The summed E-state index contributed by atoms with van der Waals surface area (Å²) < 4.78 is 1.84. The molecule has 24 heavy (non-hydrogen) atoms. The molecular weight excluding hydrogens is 302 g/mol. The molecule has 0 saturated carbocycles. The number of imidazole rings is 1. The van der Waals surface area contributed by atoms with Gasteiger partial charge in [-0.25, -0.2) is 9.97 Å². The Kier molecular flexibility index (Phi) is 4.84. The van der Waals surface area contributed by atoms with Crippen molar-refractivity contribution in [1.29, 1.82) is 0 Å². The lowest BCUT2D eigenvalue weighted by atomic mass is 10.2. The summed E-state index contributed by atoms with van der Waals surface area (Å²) in [4.78, 5) is 27.5. The van der Waals surface area contributed by atoms with E-state index in [1.807, 2.05) is 34.7 Å². The van der Waals surface area contributed by atoms with Gasteiger partial charge in [-0.15, -0.1) is 0 Å². The minimum absolute atomic E-state index is 0.0136. The summed E-state index contributed by atoms with van der Waals surface area (Å²) in [5.74, 6) is -0.0136. The molecule has 0 radical (unpaired) electrons. The van der Waals surface area contributed by atoms with E-state index in [1.54, 1.807) is 24.9 Å². The molecule has 0 atom stereocenters. The van der Waals surface area contributed by atoms with E-state index in [9.17, 15) is 4.79 Å². The van der Waals surface area contributed by atoms with Crippen LogP contribution >= 0.6 is 0 Å². The van der Waals surface area contributed by atoms with Crippen LogP contribution < -0.4 is 0 Å². The van der Waals surface area contributed by atoms with Gasteiger partial charge in [0.05, 0.1) is 11.9 Å². The molecule has 0 bridgehead atoms. The first-order valence-electron chi connectivity index (χ1n) is 8.14. The minimum Gasteiger partial charge on any atom is -0.334 e. The molecule has 3 aromatic rings. The predicted molar refractivity (Wildman–Crippen MR) is 92.4 cm³/mol. The van der Waals surface area contributed by atoms with Crippen molar-refractivity contribution >= 4 is 17.1 Å². The molecule has 3 heterocycles. The molecule has 0 N–H and O–H groups in total. The van der Waals surface area contributed by atoms with Crippen LogP contribution in [-0.2, 0) is 13.6 Å². The van der Waals surface area contributed by atoms with Gasteiger partial charge in [0.15, 0.2) is 5.65 Å². The minimum atomic E-state index is -0.0136. The van der Waals surface area contributed by atoms with Gasteiger partial charge in [0.2, 0.25) is 0 Å². The van der Waals surface area contributed by atoms with Crippen molar-refractivity contribution < 1.29 is 4.79 Å². The molecule has 0 spiro atoms. The second-order valence-electron chi connectivity index (χ2n) is 5.86. The first-order chi connectivity index (χ1) is 11.7. The van der Waals surface area contributed by atoms with Gasteiger partial charge < -0.3 is 9.47 Å². The van der Waals surface area contributed by atoms with Crippen LogP contribution in [0, 0.1) is 0 Å². The second-order valence-corrected chi connectivity index (χ2v) is 5.86. The summed E-state index contributed by atoms with van der Waals surface area (Å²) in [5.41, 5.74) is 3.16. The van der Waals surface area contributed by atoms with Crippen LogP contribution in [0.2, 0.25) is 0 Å². The maximum Gasteiger partial charge on any atom is 0.255 e. The summed E-state index contributed by atoms with van der Waals surface area (Å²) in [6.45, 7) is 3.41. The maximum atomic E-state index is 12.9. The lowest BCUT2D eigenvalue weighted by Gasteiger charge is -2.22. The number of carbonyl (C=O) groups is 1. The smallest absolute Gasteiger partial charge is 0.255 e. The number of unbranched alkanes of at least 4 members (excludes halogenated alkanes) is 1. The first-order valence-corrected chi connectivity index (χ1v) is 8.14. The van der Waals surface area contributed by atoms with Gasteiger partial charge in [0.1, 0.15) is 5.52 Å². The lowest BCUT2D eigenvalue weighted by Crippen LogP contribution is -2.31. The number of pyridine rings is 2. The maximum absolute atomic E-state index is 12.9. The van der Waals surface area contributed by atoms with Crippen LogP contribution in [0.3, 0.4) is 0 Å². The first kappa shape index (κ1) is 16.1. The van der Waals surface area contributed by atoms with Gasteiger partial charge in [-0.1, -0.05) is 13.3 Å². The summed E-state index contributed by atoms with van der Waals surface area (Å²) in [7, 11) is 1.89. The summed E-state index contributed by atoms with van der Waals surface area (Å²) in [6.07, 6.45) is 8.85. The standard InChI is InChI=1S/C18H21N5O/c1-3-4-9-23(12-14-5-7-19-8-6-14)18(24)15-10-16-17(20-11-15)22(2)13-21-16/h5-8,10-11,13H,3-4,9,12H2,1-2H3. The fraction of sp³-hybridized carbons (Fsp3) is 0.333. The van der Waals surface area contributed by atoms with E-state index >= 15 is 0 Å². The lowest BCUT2D eigenvalue weighted by molar-refractivity contribution is 0.0740. The van der Waals surface area contributed by atoms with Gasteiger partial charge in [-0.2, -0.15) is 0 Å². The molecule has 0 aliphatic carbocycles. The normalized spacial score (nSPS) is 10.9. The third-order valence-electron chi connectivity index (χ3n) is 3.99. The number of aryl methyl sites for hydroxylation is 1. The van der Waals surface area contributed by atoms with Crippen LogP contribution in [0.1, 0.15) is 35.7 Å². The number of aromatic nitrogens is 4. The van der Waals surface area contributed by atoms with Gasteiger partial charge in [-0.3, -0.25) is 9.78 Å². The Morgan fingerprint density at radius 1 is 1.25 bits per heavy atom. The molecule has 0 unspecified atom stereocenters. The van der Waals surface area contributed by atoms with Crippen molar-refractivity contribution in [2.75, 3.05) is 6.54 Å². The fourth-order valence-electron chi connectivity index (χ4n) is 2.63. The van der Waals surface area contributed by atoms with Crippen molar-refractivity contribution in [3.05, 3.63) is 54.2 Å². The summed E-state index contributed by atoms with van der Waals surface area (Å²) in [6, 6.07) is 5.69. The van der Waals surface area contributed by atoms with E-state index in [-0.39, 0.29) is 5.91 Å². The van der Waals surface area contributed by atoms with Crippen LogP contribution in [0.25, 0.3) is 11.2 Å². The van der Waals surface area contributed by atoms with E-state index < -0.39 is 0 Å². The van der Waals surface area contributed by atoms with E-state index in [4.69, 9.17) is 0 Å². The van der Waals surface area contributed by atoms with Crippen LogP contribution in [-0.4, -0.2) is 36.9 Å². The number of nitrogens with zero attached hydrogens (tertiary/aromatic N) is 5. The van der Waals surface area contributed by atoms with E-state index in [1.165, 1.54) is 0 Å². The van der Waals surface area contributed by atoms with Crippen molar-refractivity contribution in [2.45, 2.75) is 26.3 Å². The van der Waals surface area contributed by atoms with Gasteiger partial charge >= 0.3 is 0 Å². The molecule has 0 saturated heterocycles. The Morgan fingerprint density at radius 2 is 2.04 bits per heavy atom. The van der Waals surface area contributed by atoms with Gasteiger partial charge in [0, 0.05) is 38.7 Å². The predicted octanol–water partition coefficient (Wildman–Crippen LogP) is 2.81. The molecular formula is C18H21N5O. The molecule has 6 heteroatoms. The number of amides is 1. The SMILES string of the molecule is CCCCN(Cc1ccncc1)C(=O)c1cnc2c(c1)ncn2C. The van der Waals surface area contributed by atoms with E-state index in [0.717, 1.165) is 36.1 Å². The fourth-order valence-corrected chi connectivity index (χ4v) is 2.63. The average Bonchev–Trinajstić information content (AvgIpc) is 2.99. The van der Waals surface area contributed by atoms with E-state index in [0.29, 0.717) is 12.1 Å². The van der Waals surface area contributed by atoms with Crippen molar-refractivity contribution in [2.24, 2.45) is 7.05 Å². The highest BCUT2D eigenvalue weighted by molar-refractivity contribution is 5.96. The number of carbonyl (C=O) groups excluding carboxylic acids is 1. The van der Waals surface area contributed by atoms with Crippen molar-refractivity contribution in [3.63, 3.8) is 0 Å². The number of rotatable bonds is 6. The summed E-state index contributed by atoms with van der Waals surface area (Å²) in [5, 5.41) is 0. The Hall–Kier alpha value is -2.76. The molecule has 0 fully saturated rings. The van der Waals surface area contributed by atoms with Crippen LogP contribution in [0.15, 0.2) is 43.1 Å². The average molecular weight is 323 g/mol. The molecule has 0 aromatic carbocycles. The van der Waals surface area contributed by atoms with Gasteiger partial charge in [0.25, 0.3) is 5.91 Å². The third-order valence-corrected chi connectivity index (χ3v) is 3.99. The highest BCUT2D eigenvalue weighted by Gasteiger charge is 2.17. The zero-order valence-corrected chi connectivity index (χ0v) is 14.0. The molecule has 3 rings (SSSR count). The number of hydrogen-bond acceptors (Lipinski definition) is 4. The monoisotopic (exact) mass is 323 g/mol. The Bertz CT molecular complexity index is 828. The molecule has 3 aromatic heterocycles. The zero-order valence-electron chi connectivity index (χ0n) is 14.0. The number of fused-ring (bicyclic) bond motifs is 1. The zero-order chi connectivity index (χ0) is 16.9. The summed E-state index contributed by atoms with van der Waals surface area (Å²) >= 11 is 0. The number of hydrogen-bond donors (Lipinski definition) is 0. The van der Waals surface area contributed by atoms with Crippen molar-refractivity contribution in [3.8, 4) is 0 Å². The Morgan fingerprint density at radius 3 is 2.79 bits per heavy atom. The Labute approximate surface area is 141 Å². The van der Waals surface area contributed by atoms with Gasteiger partial charge in [-0.05, 0) is 30.2 Å². The highest BCUT2D eigenvalue weighted by atomic mass is 16.2. The molecule has 1 amide bonds. The Balaban J connectivity index is 1.85. The largest absolute Gasteiger partial charge is 0.334 e. The molecule has 124 valence electrons. The highest BCUT2D eigenvalue weighted by Crippen LogP contribution is 2.15. The molecule has 0 aliphatic heterocycles. The van der Waals surface area contributed by atoms with Crippen molar-refractivity contribution in [1.82, 2.24) is 24.4 Å². The second kappa shape index (κ2) is 7.21. The third kappa shape index (κ3) is 3.42.